The number of carbonyl (C=O) groups excluding carboxylic acids is 2. The van der Waals surface area contributed by atoms with Gasteiger partial charge < -0.3 is 25.5 Å². The Labute approximate surface area is 259 Å². The zero-order chi connectivity index (χ0) is 31.3. The minimum absolute atomic E-state index is 0.00794. The molecule has 0 saturated carbocycles. The number of nitrogens with two attached hydrogens (primary N) is 2. The number of nitrogen functional groups attached to an aromatic ring is 1. The quantitative estimate of drug-likeness (QED) is 0.0930. The van der Waals surface area contributed by atoms with Gasteiger partial charge in [0.05, 0.1) is 25.7 Å². The molecule has 0 amide bonds. The SMILES string of the molecule is CCCCCCCCCCCCCCCCCC(=O)OC[C@H](CCOC(=O)[C@@H](N)C(C)C)Cn1cnc2cnc(N)nc21. The second-order valence-corrected chi connectivity index (χ2v) is 12.3. The topological polar surface area (TPSA) is 148 Å². The molecule has 244 valence electrons. The molecule has 0 saturated heterocycles. The summed E-state index contributed by atoms with van der Waals surface area (Å²) in [7, 11) is 0. The lowest BCUT2D eigenvalue weighted by atomic mass is 10.0. The van der Waals surface area contributed by atoms with E-state index >= 15 is 0 Å². The van der Waals surface area contributed by atoms with E-state index in [9.17, 15) is 9.59 Å². The van der Waals surface area contributed by atoms with Crippen LogP contribution in [0.2, 0.25) is 0 Å². The molecule has 4 N–H and O–H groups in total. The zero-order valence-electron chi connectivity index (χ0n) is 27.1. The molecule has 0 aliphatic carbocycles. The highest BCUT2D eigenvalue weighted by atomic mass is 16.5. The van der Waals surface area contributed by atoms with Gasteiger partial charge in [-0.15, -0.1) is 0 Å². The first-order valence-corrected chi connectivity index (χ1v) is 16.8. The summed E-state index contributed by atoms with van der Waals surface area (Å²) in [5.74, 6) is -0.571. The Morgan fingerprint density at radius 2 is 1.44 bits per heavy atom. The number of aromatic nitrogens is 4. The summed E-state index contributed by atoms with van der Waals surface area (Å²) in [6.07, 6.45) is 23.5. The van der Waals surface area contributed by atoms with Gasteiger partial charge in [0, 0.05) is 18.9 Å². The number of nitrogens with zero attached hydrogens (tertiary/aromatic N) is 4. The van der Waals surface area contributed by atoms with Crippen molar-refractivity contribution in [3.05, 3.63) is 12.5 Å². The second-order valence-electron chi connectivity index (χ2n) is 12.3. The maximum Gasteiger partial charge on any atom is 0.323 e. The van der Waals surface area contributed by atoms with E-state index in [1.54, 1.807) is 12.5 Å². The van der Waals surface area contributed by atoms with Crippen LogP contribution in [0.25, 0.3) is 11.2 Å². The largest absolute Gasteiger partial charge is 0.465 e. The molecule has 0 spiro atoms. The normalized spacial score (nSPS) is 13.0. The molecule has 0 fully saturated rings. The van der Waals surface area contributed by atoms with Gasteiger partial charge in [-0.25, -0.2) is 9.97 Å². The Morgan fingerprint density at radius 1 is 0.860 bits per heavy atom. The summed E-state index contributed by atoms with van der Waals surface area (Å²) in [4.78, 5) is 37.3. The third-order valence-electron chi connectivity index (χ3n) is 8.06. The summed E-state index contributed by atoms with van der Waals surface area (Å²) in [6.45, 7) is 6.90. The van der Waals surface area contributed by atoms with Gasteiger partial charge in [-0.3, -0.25) is 9.59 Å². The van der Waals surface area contributed by atoms with E-state index in [-0.39, 0.29) is 37.0 Å². The van der Waals surface area contributed by atoms with Gasteiger partial charge >= 0.3 is 11.9 Å². The molecular weight excluding hydrogens is 544 g/mol. The number of hydrogen-bond acceptors (Lipinski definition) is 9. The van der Waals surface area contributed by atoms with Crippen LogP contribution < -0.4 is 11.5 Å². The Morgan fingerprint density at radius 3 is 2.02 bits per heavy atom. The average Bonchev–Trinajstić information content (AvgIpc) is 3.38. The predicted molar refractivity (Wildman–Crippen MR) is 172 cm³/mol. The smallest absolute Gasteiger partial charge is 0.323 e. The molecule has 2 aromatic heterocycles. The Kier molecular flexibility index (Phi) is 18.5. The van der Waals surface area contributed by atoms with Crippen LogP contribution in [0, 0.1) is 11.8 Å². The number of ether oxygens (including phenoxy) is 2. The highest BCUT2D eigenvalue weighted by Crippen LogP contribution is 2.17. The molecule has 43 heavy (non-hydrogen) atoms. The first-order chi connectivity index (χ1) is 20.8. The Bertz CT molecular complexity index is 1040. The maximum absolute atomic E-state index is 12.5. The Hall–Kier alpha value is -2.75. The minimum Gasteiger partial charge on any atom is -0.465 e. The number of carbonyl (C=O) groups is 2. The monoisotopic (exact) mass is 602 g/mol. The zero-order valence-corrected chi connectivity index (χ0v) is 27.1. The van der Waals surface area contributed by atoms with Crippen LogP contribution in [0.4, 0.5) is 5.95 Å². The van der Waals surface area contributed by atoms with E-state index in [1.807, 2.05) is 18.4 Å². The van der Waals surface area contributed by atoms with Gasteiger partial charge in [-0.1, -0.05) is 111 Å². The van der Waals surface area contributed by atoms with E-state index in [0.29, 0.717) is 30.6 Å². The van der Waals surface area contributed by atoms with Crippen LogP contribution in [0.1, 0.15) is 130 Å². The van der Waals surface area contributed by atoms with Gasteiger partial charge in [-0.2, -0.15) is 4.98 Å². The number of hydrogen-bond donors (Lipinski definition) is 2. The van der Waals surface area contributed by atoms with Crippen molar-refractivity contribution in [2.75, 3.05) is 18.9 Å². The second kappa shape index (κ2) is 21.9. The third kappa shape index (κ3) is 15.5. The third-order valence-corrected chi connectivity index (χ3v) is 8.06. The van der Waals surface area contributed by atoms with Gasteiger partial charge in [0.15, 0.2) is 5.65 Å². The molecule has 2 heterocycles. The van der Waals surface area contributed by atoms with Crippen molar-refractivity contribution < 1.29 is 19.1 Å². The number of rotatable bonds is 25. The first-order valence-electron chi connectivity index (χ1n) is 16.8. The lowest BCUT2D eigenvalue weighted by Crippen LogP contribution is -2.37. The van der Waals surface area contributed by atoms with Gasteiger partial charge in [0.25, 0.3) is 0 Å². The molecule has 10 heteroatoms. The number of imidazole rings is 1. The van der Waals surface area contributed by atoms with Crippen molar-refractivity contribution in [1.29, 1.82) is 0 Å². The molecule has 0 bridgehead atoms. The van der Waals surface area contributed by atoms with Crippen molar-refractivity contribution in [3.63, 3.8) is 0 Å². The molecular formula is C33H58N6O4. The average molecular weight is 603 g/mol. The van der Waals surface area contributed by atoms with Crippen LogP contribution >= 0.6 is 0 Å². The van der Waals surface area contributed by atoms with Crippen LogP contribution in [0.5, 0.6) is 0 Å². The number of unbranched alkanes of at least 4 members (excludes halogenated alkanes) is 14. The number of anilines is 1. The van der Waals surface area contributed by atoms with Crippen LogP contribution in [-0.4, -0.2) is 50.7 Å². The van der Waals surface area contributed by atoms with E-state index in [1.165, 1.54) is 77.0 Å². The highest BCUT2D eigenvalue weighted by Gasteiger charge is 2.21. The van der Waals surface area contributed by atoms with Gasteiger partial charge in [-0.05, 0) is 18.8 Å². The molecule has 2 aromatic rings. The fraction of sp³-hybridized carbons (Fsp3) is 0.788. The fourth-order valence-corrected chi connectivity index (χ4v) is 5.13. The van der Waals surface area contributed by atoms with Crippen molar-refractivity contribution >= 4 is 29.1 Å². The predicted octanol–water partition coefficient (Wildman–Crippen LogP) is 6.75. The summed E-state index contributed by atoms with van der Waals surface area (Å²) in [5.41, 5.74) is 12.9. The highest BCUT2D eigenvalue weighted by molar-refractivity contribution is 5.75. The summed E-state index contributed by atoms with van der Waals surface area (Å²) >= 11 is 0. The first kappa shape index (κ1) is 36.4. The summed E-state index contributed by atoms with van der Waals surface area (Å²) in [5, 5.41) is 0. The molecule has 2 atom stereocenters. The molecule has 2 rings (SSSR count). The van der Waals surface area contributed by atoms with E-state index in [0.717, 1.165) is 19.3 Å². The summed E-state index contributed by atoms with van der Waals surface area (Å²) in [6, 6.07) is -0.663. The lowest BCUT2D eigenvalue weighted by molar-refractivity contribution is -0.149. The van der Waals surface area contributed by atoms with Gasteiger partial charge in [0.2, 0.25) is 5.95 Å². The van der Waals surface area contributed by atoms with Gasteiger partial charge in [0.1, 0.15) is 11.6 Å². The fourth-order valence-electron chi connectivity index (χ4n) is 5.13. The van der Waals surface area contributed by atoms with Crippen molar-refractivity contribution in [2.24, 2.45) is 17.6 Å². The number of fused-ring (bicyclic) bond motifs is 1. The molecule has 0 radical (unpaired) electrons. The lowest BCUT2D eigenvalue weighted by Gasteiger charge is -2.19. The number of esters is 2. The molecule has 10 nitrogen and oxygen atoms in total. The van der Waals surface area contributed by atoms with Crippen LogP contribution in [0.3, 0.4) is 0 Å². The van der Waals surface area contributed by atoms with Crippen molar-refractivity contribution in [3.8, 4) is 0 Å². The van der Waals surface area contributed by atoms with E-state index < -0.39 is 12.0 Å². The standard InChI is InChI=1S/C33H58N6O4/c1-4-5-6-7-8-9-10-11-12-13-14-15-16-17-18-19-29(40)43-24-27(20-21-42-32(41)30(34)26(2)3)23-39-25-37-28-22-36-33(35)38-31(28)39/h22,25-27,30H,4-21,23-24,34H2,1-3H3,(H2,35,36,38)/t27-,30+/m1/s1. The van der Waals surface area contributed by atoms with Crippen LogP contribution in [0.15, 0.2) is 12.5 Å². The van der Waals surface area contributed by atoms with E-state index in [2.05, 4.69) is 21.9 Å². The van der Waals surface area contributed by atoms with Crippen molar-refractivity contribution in [1.82, 2.24) is 19.5 Å². The Balaban J connectivity index is 1.65. The van der Waals surface area contributed by atoms with E-state index in [4.69, 9.17) is 20.9 Å². The van der Waals surface area contributed by atoms with Crippen molar-refractivity contribution in [2.45, 2.75) is 143 Å². The molecule has 0 aliphatic rings. The molecule has 0 unspecified atom stereocenters. The molecule has 0 aromatic carbocycles. The summed E-state index contributed by atoms with van der Waals surface area (Å²) < 4.78 is 12.9. The maximum atomic E-state index is 12.5. The van der Waals surface area contributed by atoms with Crippen LogP contribution in [-0.2, 0) is 25.6 Å². The minimum atomic E-state index is -0.663. The molecule has 0 aliphatic heterocycles.